The minimum absolute atomic E-state index is 0.207. The van der Waals surface area contributed by atoms with Crippen LogP contribution in [0.25, 0.3) is 0 Å². The molecule has 0 unspecified atom stereocenters. The van der Waals surface area contributed by atoms with Gasteiger partial charge in [-0.2, -0.15) is 0 Å². The molecule has 0 fully saturated rings. The average molecular weight is 284 g/mol. The molecule has 21 heavy (non-hydrogen) atoms. The first-order chi connectivity index (χ1) is 10.1. The molecule has 0 aliphatic heterocycles. The summed E-state index contributed by atoms with van der Waals surface area (Å²) in [7, 11) is 0. The Labute approximate surface area is 124 Å². The van der Waals surface area contributed by atoms with Gasteiger partial charge in [0.15, 0.2) is 0 Å². The van der Waals surface area contributed by atoms with Crippen molar-refractivity contribution in [2.75, 3.05) is 6.54 Å². The van der Waals surface area contributed by atoms with E-state index < -0.39 is 6.03 Å². The Morgan fingerprint density at radius 1 is 0.857 bits per heavy atom. The van der Waals surface area contributed by atoms with Crippen molar-refractivity contribution in [3.63, 3.8) is 0 Å². The number of urea groups is 1. The van der Waals surface area contributed by atoms with Crippen molar-refractivity contribution in [2.45, 2.75) is 19.3 Å². The first-order valence-corrected chi connectivity index (χ1v) is 7.03. The molecule has 4 heteroatoms. The SMILES string of the molecule is NC(=O)N(O)CCc1ccc(CCc2ccccc2)cc1. The summed E-state index contributed by atoms with van der Waals surface area (Å²) < 4.78 is 0. The van der Waals surface area contributed by atoms with Gasteiger partial charge in [0, 0.05) is 0 Å². The van der Waals surface area contributed by atoms with Gasteiger partial charge in [-0.25, -0.2) is 9.86 Å². The van der Waals surface area contributed by atoms with Crippen molar-refractivity contribution >= 4 is 6.03 Å². The van der Waals surface area contributed by atoms with E-state index in [1.165, 1.54) is 11.1 Å². The van der Waals surface area contributed by atoms with E-state index in [1.807, 2.05) is 18.2 Å². The number of benzene rings is 2. The van der Waals surface area contributed by atoms with Crippen molar-refractivity contribution in [1.29, 1.82) is 0 Å². The summed E-state index contributed by atoms with van der Waals surface area (Å²) in [6.45, 7) is 0.207. The van der Waals surface area contributed by atoms with E-state index in [0.717, 1.165) is 18.4 Å². The summed E-state index contributed by atoms with van der Waals surface area (Å²) >= 11 is 0. The third-order valence-corrected chi connectivity index (χ3v) is 3.43. The van der Waals surface area contributed by atoms with Crippen LogP contribution in [-0.4, -0.2) is 22.8 Å². The molecule has 0 radical (unpaired) electrons. The lowest BCUT2D eigenvalue weighted by Gasteiger charge is -2.11. The van der Waals surface area contributed by atoms with E-state index >= 15 is 0 Å². The highest BCUT2D eigenvalue weighted by atomic mass is 16.5. The number of primary amides is 1. The maximum absolute atomic E-state index is 10.7. The van der Waals surface area contributed by atoms with Crippen molar-refractivity contribution in [1.82, 2.24) is 5.06 Å². The molecule has 2 aromatic carbocycles. The number of amides is 2. The van der Waals surface area contributed by atoms with Crippen molar-refractivity contribution in [2.24, 2.45) is 5.73 Å². The highest BCUT2D eigenvalue weighted by Gasteiger charge is 2.05. The molecule has 0 atom stereocenters. The molecule has 2 aromatic rings. The Balaban J connectivity index is 1.83. The van der Waals surface area contributed by atoms with Gasteiger partial charge in [0.05, 0.1) is 6.54 Å². The molecule has 0 heterocycles. The van der Waals surface area contributed by atoms with Crippen LogP contribution in [0.2, 0.25) is 0 Å². The van der Waals surface area contributed by atoms with Gasteiger partial charge >= 0.3 is 6.03 Å². The molecule has 0 saturated carbocycles. The predicted molar refractivity (Wildman–Crippen MR) is 82.1 cm³/mol. The van der Waals surface area contributed by atoms with Crippen LogP contribution in [0.3, 0.4) is 0 Å². The molecule has 0 bridgehead atoms. The second kappa shape index (κ2) is 7.45. The number of carbonyl (C=O) groups is 1. The zero-order valence-electron chi connectivity index (χ0n) is 11.9. The Hall–Kier alpha value is -2.33. The van der Waals surface area contributed by atoms with E-state index in [-0.39, 0.29) is 6.54 Å². The number of nitrogens with zero attached hydrogens (tertiary/aromatic N) is 1. The lowest BCUT2D eigenvalue weighted by Crippen LogP contribution is -2.34. The van der Waals surface area contributed by atoms with Crippen LogP contribution in [0.4, 0.5) is 4.79 Å². The van der Waals surface area contributed by atoms with Crippen LogP contribution in [0.5, 0.6) is 0 Å². The average Bonchev–Trinajstić information content (AvgIpc) is 2.52. The number of nitrogens with two attached hydrogens (primary N) is 1. The highest BCUT2D eigenvalue weighted by molar-refractivity contribution is 5.70. The largest absolute Gasteiger partial charge is 0.350 e. The Bertz CT molecular complexity index is 567. The Morgan fingerprint density at radius 3 is 1.86 bits per heavy atom. The number of hydrogen-bond donors (Lipinski definition) is 2. The monoisotopic (exact) mass is 284 g/mol. The first kappa shape index (κ1) is 15.1. The quantitative estimate of drug-likeness (QED) is 0.632. The van der Waals surface area contributed by atoms with Crippen LogP contribution < -0.4 is 5.73 Å². The van der Waals surface area contributed by atoms with Crippen LogP contribution in [0.1, 0.15) is 16.7 Å². The number of carbonyl (C=O) groups excluding carboxylic acids is 1. The number of aryl methyl sites for hydroxylation is 2. The van der Waals surface area contributed by atoms with Crippen LogP contribution in [0.15, 0.2) is 54.6 Å². The van der Waals surface area contributed by atoms with Crippen molar-refractivity contribution in [3.8, 4) is 0 Å². The van der Waals surface area contributed by atoms with E-state index in [1.54, 1.807) is 0 Å². The smallest absolute Gasteiger partial charge is 0.338 e. The molecule has 0 saturated heterocycles. The van der Waals surface area contributed by atoms with Crippen molar-refractivity contribution < 1.29 is 10.0 Å². The lowest BCUT2D eigenvalue weighted by atomic mass is 10.0. The summed E-state index contributed by atoms with van der Waals surface area (Å²) in [6, 6.07) is 17.8. The Kier molecular flexibility index (Phi) is 5.35. The minimum atomic E-state index is -0.825. The van der Waals surface area contributed by atoms with Gasteiger partial charge in [-0.05, 0) is 36.0 Å². The third kappa shape index (κ3) is 4.93. The molecule has 0 aromatic heterocycles. The fourth-order valence-corrected chi connectivity index (χ4v) is 2.15. The second-order valence-electron chi connectivity index (χ2n) is 5.01. The van der Waals surface area contributed by atoms with Gasteiger partial charge in [0.1, 0.15) is 0 Å². The summed E-state index contributed by atoms with van der Waals surface area (Å²) in [5, 5.41) is 9.74. The van der Waals surface area contributed by atoms with E-state index in [9.17, 15) is 10.0 Å². The molecule has 2 amide bonds. The zero-order valence-corrected chi connectivity index (χ0v) is 11.9. The van der Waals surface area contributed by atoms with E-state index in [2.05, 4.69) is 36.4 Å². The number of rotatable bonds is 6. The maximum atomic E-state index is 10.7. The first-order valence-electron chi connectivity index (χ1n) is 7.03. The Morgan fingerprint density at radius 2 is 1.33 bits per heavy atom. The van der Waals surface area contributed by atoms with E-state index in [0.29, 0.717) is 11.5 Å². The highest BCUT2D eigenvalue weighted by Crippen LogP contribution is 2.10. The molecule has 0 aliphatic rings. The second-order valence-corrected chi connectivity index (χ2v) is 5.01. The van der Waals surface area contributed by atoms with Gasteiger partial charge in [-0.15, -0.1) is 0 Å². The normalized spacial score (nSPS) is 10.3. The predicted octanol–water partition coefficient (Wildman–Crippen LogP) is 2.78. The molecule has 2 rings (SSSR count). The minimum Gasteiger partial charge on any atom is -0.350 e. The molecular formula is C17H20N2O2. The lowest BCUT2D eigenvalue weighted by molar-refractivity contribution is -0.0382. The van der Waals surface area contributed by atoms with Gasteiger partial charge < -0.3 is 5.73 Å². The molecule has 4 nitrogen and oxygen atoms in total. The van der Waals surface area contributed by atoms with Crippen LogP contribution in [0, 0.1) is 0 Å². The maximum Gasteiger partial charge on any atom is 0.338 e. The number of hydrogen-bond acceptors (Lipinski definition) is 2. The van der Waals surface area contributed by atoms with Crippen molar-refractivity contribution in [3.05, 3.63) is 71.3 Å². The fourth-order valence-electron chi connectivity index (χ4n) is 2.15. The standard InChI is InChI=1S/C17H20N2O2/c18-17(20)19(21)13-12-16-10-8-15(9-11-16)7-6-14-4-2-1-3-5-14/h1-5,8-11,21H,6-7,12-13H2,(H2,18,20). The van der Waals surface area contributed by atoms with Gasteiger partial charge in [-0.3, -0.25) is 5.21 Å². The van der Waals surface area contributed by atoms with E-state index in [4.69, 9.17) is 5.73 Å². The third-order valence-electron chi connectivity index (χ3n) is 3.43. The summed E-state index contributed by atoms with van der Waals surface area (Å²) in [5.41, 5.74) is 8.63. The van der Waals surface area contributed by atoms with Gasteiger partial charge in [0.25, 0.3) is 0 Å². The molecule has 110 valence electrons. The number of hydroxylamine groups is 2. The summed E-state index contributed by atoms with van der Waals surface area (Å²) in [5.74, 6) is 0. The van der Waals surface area contributed by atoms with Crippen LogP contribution >= 0.6 is 0 Å². The molecule has 0 spiro atoms. The summed E-state index contributed by atoms with van der Waals surface area (Å²) in [4.78, 5) is 10.7. The zero-order chi connectivity index (χ0) is 15.1. The van der Waals surface area contributed by atoms with Gasteiger partial charge in [-0.1, -0.05) is 54.6 Å². The molecule has 0 aliphatic carbocycles. The molecule has 3 N–H and O–H groups in total. The topological polar surface area (TPSA) is 66.6 Å². The van der Waals surface area contributed by atoms with Gasteiger partial charge in [0.2, 0.25) is 0 Å². The fraction of sp³-hybridized carbons (Fsp3) is 0.235. The molecular weight excluding hydrogens is 264 g/mol. The van der Waals surface area contributed by atoms with Crippen LogP contribution in [-0.2, 0) is 19.3 Å². The summed E-state index contributed by atoms with van der Waals surface area (Å²) in [6.07, 6.45) is 2.60.